The van der Waals surface area contributed by atoms with Crippen molar-refractivity contribution in [1.82, 2.24) is 14.9 Å². The van der Waals surface area contributed by atoms with Gasteiger partial charge in [0.15, 0.2) is 0 Å². The maximum atomic E-state index is 11.9. The molecule has 1 fully saturated rings. The minimum absolute atomic E-state index is 0.0424. The molecule has 0 radical (unpaired) electrons. The standard InChI is InChI=1S/C17H22N4O3/c1-11(22)19-12-5-6-14-13(10-12)20-16(21(14)2)7-8-18-17(23)15-4-3-9-24-15/h5-6,10,15H,3-4,7-9H2,1-2H3,(H,18,23)(H,19,22). The Morgan fingerprint density at radius 2 is 2.25 bits per heavy atom. The van der Waals surface area contributed by atoms with Crippen molar-refractivity contribution in [2.75, 3.05) is 18.5 Å². The van der Waals surface area contributed by atoms with Crippen molar-refractivity contribution in [3.05, 3.63) is 24.0 Å². The number of carbonyl (C=O) groups excluding carboxylic acids is 2. The number of anilines is 1. The molecule has 1 aliphatic rings. The smallest absolute Gasteiger partial charge is 0.249 e. The van der Waals surface area contributed by atoms with Gasteiger partial charge in [0.1, 0.15) is 11.9 Å². The molecule has 1 aliphatic heterocycles. The number of nitrogens with one attached hydrogen (secondary N) is 2. The van der Waals surface area contributed by atoms with Crippen LogP contribution in [0.15, 0.2) is 18.2 Å². The molecule has 128 valence electrons. The number of fused-ring (bicyclic) bond motifs is 1. The van der Waals surface area contributed by atoms with E-state index >= 15 is 0 Å². The van der Waals surface area contributed by atoms with E-state index < -0.39 is 0 Å². The minimum Gasteiger partial charge on any atom is -0.368 e. The Morgan fingerprint density at radius 1 is 1.42 bits per heavy atom. The first-order valence-electron chi connectivity index (χ1n) is 8.17. The second kappa shape index (κ2) is 7.00. The van der Waals surface area contributed by atoms with Gasteiger partial charge in [-0.05, 0) is 31.0 Å². The number of ether oxygens (including phenoxy) is 1. The van der Waals surface area contributed by atoms with E-state index in [0.717, 1.165) is 35.4 Å². The molecule has 7 nitrogen and oxygen atoms in total. The first kappa shape index (κ1) is 16.4. The molecule has 2 amide bonds. The number of benzene rings is 1. The van der Waals surface area contributed by atoms with Crippen LogP contribution in [-0.4, -0.2) is 40.6 Å². The number of hydrogen-bond acceptors (Lipinski definition) is 4. The largest absolute Gasteiger partial charge is 0.368 e. The van der Waals surface area contributed by atoms with Crippen LogP contribution in [0.3, 0.4) is 0 Å². The van der Waals surface area contributed by atoms with Gasteiger partial charge >= 0.3 is 0 Å². The molecule has 3 rings (SSSR count). The lowest BCUT2D eigenvalue weighted by atomic mass is 10.2. The van der Waals surface area contributed by atoms with Crippen molar-refractivity contribution < 1.29 is 14.3 Å². The second-order valence-corrected chi connectivity index (χ2v) is 6.01. The summed E-state index contributed by atoms with van der Waals surface area (Å²) in [6.07, 6.45) is 2.08. The number of hydrogen-bond donors (Lipinski definition) is 2. The number of amides is 2. The number of nitrogens with zero attached hydrogens (tertiary/aromatic N) is 2. The number of imidazole rings is 1. The molecule has 1 atom stereocenters. The molecule has 0 aliphatic carbocycles. The Hall–Kier alpha value is -2.41. The number of aryl methyl sites for hydroxylation is 1. The van der Waals surface area contributed by atoms with Crippen LogP contribution in [0.25, 0.3) is 11.0 Å². The predicted octanol–water partition coefficient (Wildman–Crippen LogP) is 1.37. The van der Waals surface area contributed by atoms with Crippen LogP contribution in [-0.2, 0) is 27.8 Å². The van der Waals surface area contributed by atoms with E-state index in [0.29, 0.717) is 19.6 Å². The third-order valence-corrected chi connectivity index (χ3v) is 4.16. The highest BCUT2D eigenvalue weighted by Gasteiger charge is 2.23. The maximum Gasteiger partial charge on any atom is 0.249 e. The van der Waals surface area contributed by atoms with Gasteiger partial charge in [0, 0.05) is 39.2 Å². The fourth-order valence-electron chi connectivity index (χ4n) is 2.95. The lowest BCUT2D eigenvalue weighted by molar-refractivity contribution is -0.130. The highest BCUT2D eigenvalue weighted by molar-refractivity contribution is 5.91. The van der Waals surface area contributed by atoms with Crippen LogP contribution in [0.2, 0.25) is 0 Å². The summed E-state index contributed by atoms with van der Waals surface area (Å²) in [5, 5.41) is 5.66. The first-order chi connectivity index (χ1) is 11.5. The Bertz CT molecular complexity index is 763. The minimum atomic E-state index is -0.300. The summed E-state index contributed by atoms with van der Waals surface area (Å²) in [5.41, 5.74) is 2.54. The quantitative estimate of drug-likeness (QED) is 0.867. The molecule has 7 heteroatoms. The zero-order valence-corrected chi connectivity index (χ0v) is 14.0. The molecule has 0 spiro atoms. The predicted molar refractivity (Wildman–Crippen MR) is 90.7 cm³/mol. The van der Waals surface area contributed by atoms with Crippen molar-refractivity contribution in [3.63, 3.8) is 0 Å². The number of rotatable bonds is 5. The van der Waals surface area contributed by atoms with Crippen LogP contribution in [0.4, 0.5) is 5.69 Å². The first-order valence-corrected chi connectivity index (χ1v) is 8.17. The van der Waals surface area contributed by atoms with Crippen LogP contribution >= 0.6 is 0 Å². The van der Waals surface area contributed by atoms with Crippen molar-refractivity contribution in [3.8, 4) is 0 Å². The van der Waals surface area contributed by atoms with Gasteiger partial charge in [-0.3, -0.25) is 9.59 Å². The molecule has 2 aromatic rings. The monoisotopic (exact) mass is 330 g/mol. The lowest BCUT2D eigenvalue weighted by Gasteiger charge is -2.10. The van der Waals surface area contributed by atoms with Gasteiger partial charge in [-0.1, -0.05) is 0 Å². The van der Waals surface area contributed by atoms with E-state index in [4.69, 9.17) is 4.74 Å². The van der Waals surface area contributed by atoms with Gasteiger partial charge in [-0.2, -0.15) is 0 Å². The second-order valence-electron chi connectivity index (χ2n) is 6.01. The highest BCUT2D eigenvalue weighted by Crippen LogP contribution is 2.20. The summed E-state index contributed by atoms with van der Waals surface area (Å²) in [6, 6.07) is 5.64. The summed E-state index contributed by atoms with van der Waals surface area (Å²) in [5.74, 6) is 0.735. The van der Waals surface area contributed by atoms with E-state index in [2.05, 4.69) is 15.6 Å². The molecule has 1 unspecified atom stereocenters. The molecule has 0 bridgehead atoms. The van der Waals surface area contributed by atoms with Gasteiger partial charge in [-0.15, -0.1) is 0 Å². The topological polar surface area (TPSA) is 85.2 Å². The third kappa shape index (κ3) is 3.56. The molecular formula is C17H22N4O3. The Balaban J connectivity index is 1.64. The van der Waals surface area contributed by atoms with Crippen LogP contribution in [0.1, 0.15) is 25.6 Å². The average molecular weight is 330 g/mol. The van der Waals surface area contributed by atoms with Gasteiger partial charge in [0.2, 0.25) is 11.8 Å². The van der Waals surface area contributed by atoms with Crippen LogP contribution < -0.4 is 10.6 Å². The van der Waals surface area contributed by atoms with Gasteiger partial charge in [0.25, 0.3) is 0 Å². The van der Waals surface area contributed by atoms with Gasteiger partial charge in [-0.25, -0.2) is 4.98 Å². The van der Waals surface area contributed by atoms with E-state index in [9.17, 15) is 9.59 Å². The lowest BCUT2D eigenvalue weighted by Crippen LogP contribution is -2.35. The van der Waals surface area contributed by atoms with E-state index in [1.54, 1.807) is 0 Å². The zero-order valence-electron chi connectivity index (χ0n) is 14.0. The molecule has 1 saturated heterocycles. The third-order valence-electron chi connectivity index (χ3n) is 4.16. The van der Waals surface area contributed by atoms with Crippen molar-refractivity contribution >= 4 is 28.5 Å². The average Bonchev–Trinajstić information content (AvgIpc) is 3.16. The Kier molecular flexibility index (Phi) is 4.80. The highest BCUT2D eigenvalue weighted by atomic mass is 16.5. The normalized spacial score (nSPS) is 17.2. The molecular weight excluding hydrogens is 308 g/mol. The molecule has 24 heavy (non-hydrogen) atoms. The van der Waals surface area contributed by atoms with Crippen molar-refractivity contribution in [2.45, 2.75) is 32.3 Å². The number of aromatic nitrogens is 2. The van der Waals surface area contributed by atoms with Gasteiger partial charge < -0.3 is 19.9 Å². The van der Waals surface area contributed by atoms with Crippen molar-refractivity contribution in [1.29, 1.82) is 0 Å². The summed E-state index contributed by atoms with van der Waals surface area (Å²) in [6.45, 7) is 2.67. The molecule has 2 heterocycles. The maximum absolute atomic E-state index is 11.9. The van der Waals surface area contributed by atoms with Gasteiger partial charge in [0.05, 0.1) is 11.0 Å². The van der Waals surface area contributed by atoms with Crippen molar-refractivity contribution in [2.24, 2.45) is 7.05 Å². The van der Waals surface area contributed by atoms with Crippen LogP contribution in [0.5, 0.6) is 0 Å². The van der Waals surface area contributed by atoms with E-state index in [-0.39, 0.29) is 17.9 Å². The SMILES string of the molecule is CC(=O)Nc1ccc2c(c1)nc(CCNC(=O)C1CCCO1)n2C. The van der Waals surface area contributed by atoms with Crippen LogP contribution in [0, 0.1) is 0 Å². The summed E-state index contributed by atoms with van der Waals surface area (Å²) in [4.78, 5) is 27.7. The Labute approximate surface area is 140 Å². The fourth-order valence-corrected chi connectivity index (χ4v) is 2.95. The molecule has 1 aromatic heterocycles. The summed E-state index contributed by atoms with van der Waals surface area (Å²) >= 11 is 0. The summed E-state index contributed by atoms with van der Waals surface area (Å²) in [7, 11) is 1.95. The molecule has 2 N–H and O–H groups in total. The van der Waals surface area contributed by atoms with E-state index in [1.165, 1.54) is 6.92 Å². The molecule has 0 saturated carbocycles. The van der Waals surface area contributed by atoms with E-state index in [1.807, 2.05) is 29.8 Å². The Morgan fingerprint density at radius 3 is 2.96 bits per heavy atom. The zero-order chi connectivity index (χ0) is 17.1. The molecule has 1 aromatic carbocycles. The number of carbonyl (C=O) groups is 2. The summed E-state index contributed by atoms with van der Waals surface area (Å²) < 4.78 is 7.37. The fraction of sp³-hybridized carbons (Fsp3) is 0.471.